The highest BCUT2D eigenvalue weighted by Gasteiger charge is 2.36. The molecule has 0 fully saturated rings. The second-order valence-electron chi connectivity index (χ2n) is 12.7. The Hall–Kier alpha value is -4.37. The Balaban J connectivity index is 1.84. The quantitative estimate of drug-likeness (QED) is 0.148. The van der Waals surface area contributed by atoms with Crippen LogP contribution >= 0.6 is 0 Å². The number of nitrogens with one attached hydrogen (secondary N) is 1. The molecule has 12 nitrogen and oxygen atoms in total. The summed E-state index contributed by atoms with van der Waals surface area (Å²) in [6, 6.07) is 18.5. The molecule has 0 radical (unpaired) electrons. The van der Waals surface area contributed by atoms with Crippen molar-refractivity contribution in [2.45, 2.75) is 70.2 Å². The van der Waals surface area contributed by atoms with Crippen LogP contribution in [0.2, 0.25) is 0 Å². The van der Waals surface area contributed by atoms with Gasteiger partial charge in [-0.3, -0.25) is 9.69 Å². The summed E-state index contributed by atoms with van der Waals surface area (Å²) < 4.78 is 49.2. The van der Waals surface area contributed by atoms with Gasteiger partial charge >= 0.3 is 12.1 Å². The Morgan fingerprint density at radius 3 is 2.10 bits per heavy atom. The van der Waals surface area contributed by atoms with Gasteiger partial charge < -0.3 is 26.0 Å². The molecule has 50 heavy (non-hydrogen) atoms. The molecule has 0 saturated heterocycles. The smallest absolute Gasteiger partial charge is 0.411 e. The lowest BCUT2D eigenvalue weighted by molar-refractivity contribution is -0.145. The molecule has 5 N–H and O–H groups in total. The number of benzene rings is 3. The lowest BCUT2D eigenvalue weighted by atomic mass is 9.98. The van der Waals surface area contributed by atoms with Crippen LogP contribution in [0.5, 0.6) is 0 Å². The van der Waals surface area contributed by atoms with Gasteiger partial charge in [0.25, 0.3) is 0 Å². The number of nitrogens with two attached hydrogens (primary N) is 1. The summed E-state index contributed by atoms with van der Waals surface area (Å²) in [6.07, 6.45) is -1.64. The van der Waals surface area contributed by atoms with Gasteiger partial charge in [-0.1, -0.05) is 94.8 Å². The van der Waals surface area contributed by atoms with Crippen molar-refractivity contribution >= 4 is 33.7 Å². The number of ether oxygens (including phenoxy) is 1. The molecule has 0 spiro atoms. The Bertz CT molecular complexity index is 1680. The van der Waals surface area contributed by atoms with Crippen LogP contribution in [-0.4, -0.2) is 83.6 Å². The van der Waals surface area contributed by atoms with Crippen LogP contribution in [0.4, 0.5) is 14.9 Å². The van der Waals surface area contributed by atoms with Gasteiger partial charge in [-0.2, -0.15) is 4.31 Å². The molecule has 3 aromatic rings. The predicted molar refractivity (Wildman–Crippen MR) is 187 cm³/mol. The number of hydrogen-bond donors (Lipinski definition) is 4. The maximum absolute atomic E-state index is 15.0. The minimum atomic E-state index is -4.34. The van der Waals surface area contributed by atoms with Crippen LogP contribution < -0.4 is 11.1 Å². The van der Waals surface area contributed by atoms with Crippen LogP contribution in [0.3, 0.4) is 0 Å². The number of anilines is 1. The fourth-order valence-electron chi connectivity index (χ4n) is 5.28. The van der Waals surface area contributed by atoms with Crippen molar-refractivity contribution in [2.24, 2.45) is 17.6 Å². The minimum absolute atomic E-state index is 0.0166. The molecular weight excluding hydrogens is 667 g/mol. The van der Waals surface area contributed by atoms with Gasteiger partial charge in [0.1, 0.15) is 25.0 Å². The van der Waals surface area contributed by atoms with E-state index in [2.05, 4.69) is 5.32 Å². The summed E-state index contributed by atoms with van der Waals surface area (Å²) in [4.78, 5) is 39.2. The molecule has 272 valence electrons. The van der Waals surface area contributed by atoms with Crippen LogP contribution in [-0.2, 0) is 37.4 Å². The van der Waals surface area contributed by atoms with Gasteiger partial charge in [0.2, 0.25) is 15.9 Å². The van der Waals surface area contributed by atoms with Crippen molar-refractivity contribution in [3.63, 3.8) is 0 Å². The Morgan fingerprint density at radius 2 is 1.54 bits per heavy atom. The van der Waals surface area contributed by atoms with Gasteiger partial charge in [-0.15, -0.1) is 0 Å². The molecule has 3 aromatic carbocycles. The second kappa shape index (κ2) is 18.6. The number of aliphatic carboxylic acids is 1. The van der Waals surface area contributed by atoms with Crippen molar-refractivity contribution in [1.29, 1.82) is 0 Å². The third-order valence-electron chi connectivity index (χ3n) is 8.14. The third-order valence-corrected chi connectivity index (χ3v) is 9.97. The molecule has 14 heteroatoms. The van der Waals surface area contributed by atoms with Crippen LogP contribution in [0.15, 0.2) is 83.8 Å². The number of sulfonamides is 1. The number of carboxylic acid groups (broad SMARTS) is 1. The fraction of sp³-hybridized carbons (Fsp3) is 0.417. The SMILES string of the molecule is CC[C@H](C)[C@@H](C(=O)O)N(CC(=O)Nc1cc(S(=O)(=O)N(CC(C)C)C[C@H](O)C(N)Cc2ccccc2)ccc1F)C(=O)OCc1ccccc1. The summed E-state index contributed by atoms with van der Waals surface area (Å²) in [5, 5.41) is 23.2. The lowest BCUT2D eigenvalue weighted by Crippen LogP contribution is -2.51. The molecular formula is C36H47FN4O8S. The van der Waals surface area contributed by atoms with Gasteiger partial charge in [0.15, 0.2) is 0 Å². The van der Waals surface area contributed by atoms with E-state index in [1.807, 2.05) is 30.3 Å². The largest absolute Gasteiger partial charge is 0.480 e. The maximum atomic E-state index is 15.0. The maximum Gasteiger partial charge on any atom is 0.411 e. The molecule has 3 rings (SSSR count). The lowest BCUT2D eigenvalue weighted by Gasteiger charge is -2.31. The molecule has 0 aliphatic heterocycles. The first-order valence-corrected chi connectivity index (χ1v) is 17.8. The summed E-state index contributed by atoms with van der Waals surface area (Å²) in [5.74, 6) is -4.04. The average Bonchev–Trinajstić information content (AvgIpc) is 3.07. The van der Waals surface area contributed by atoms with Crippen LogP contribution in [0, 0.1) is 17.7 Å². The highest BCUT2D eigenvalue weighted by Crippen LogP contribution is 2.25. The summed E-state index contributed by atoms with van der Waals surface area (Å²) in [5.41, 5.74) is 7.25. The van der Waals surface area contributed by atoms with E-state index in [0.29, 0.717) is 18.4 Å². The summed E-state index contributed by atoms with van der Waals surface area (Å²) in [7, 11) is -4.34. The monoisotopic (exact) mass is 714 g/mol. The summed E-state index contributed by atoms with van der Waals surface area (Å²) >= 11 is 0. The molecule has 0 saturated carbocycles. The zero-order valence-electron chi connectivity index (χ0n) is 28.7. The Morgan fingerprint density at radius 1 is 0.940 bits per heavy atom. The van der Waals surface area contributed by atoms with E-state index in [9.17, 15) is 33.0 Å². The first kappa shape index (κ1) is 40.1. The van der Waals surface area contributed by atoms with E-state index in [1.54, 1.807) is 58.0 Å². The normalized spacial score (nSPS) is 14.1. The molecule has 0 heterocycles. The molecule has 0 aliphatic rings. The molecule has 0 bridgehead atoms. The number of carboxylic acids is 1. The zero-order chi connectivity index (χ0) is 37.0. The number of aliphatic hydroxyl groups is 1. The molecule has 1 unspecified atom stereocenters. The highest BCUT2D eigenvalue weighted by molar-refractivity contribution is 7.89. The van der Waals surface area contributed by atoms with Crippen LogP contribution in [0.1, 0.15) is 45.2 Å². The molecule has 2 amide bonds. The molecule has 0 aliphatic carbocycles. The average molecular weight is 715 g/mol. The van der Waals surface area contributed by atoms with Crippen molar-refractivity contribution in [3.05, 3.63) is 95.8 Å². The van der Waals surface area contributed by atoms with E-state index in [-0.39, 0.29) is 30.5 Å². The van der Waals surface area contributed by atoms with Crippen molar-refractivity contribution in [3.8, 4) is 0 Å². The number of aliphatic hydroxyl groups excluding tert-OH is 1. The number of carbonyl (C=O) groups is 3. The Labute approximate surface area is 293 Å². The molecule has 4 atom stereocenters. The highest BCUT2D eigenvalue weighted by atomic mass is 32.2. The van der Waals surface area contributed by atoms with Crippen LogP contribution in [0.25, 0.3) is 0 Å². The van der Waals surface area contributed by atoms with Gasteiger partial charge in [-0.25, -0.2) is 22.4 Å². The van der Waals surface area contributed by atoms with Crippen molar-refractivity contribution < 1.29 is 42.1 Å². The summed E-state index contributed by atoms with van der Waals surface area (Å²) in [6.45, 7) is 5.62. The standard InChI is InChI=1S/C36H47FN4O8S/c1-5-25(4)34(35(44)45)41(36(46)49-23-27-14-10-7-11-15-27)22-33(43)39-31-19-28(16-17-29(31)37)50(47,48)40(20-24(2)3)21-32(42)30(38)18-26-12-8-6-9-13-26/h6-17,19,24-25,30,32,34,42H,5,18,20-23,38H2,1-4H3,(H,39,43)(H,44,45)/t25-,30?,32-,34-/m0/s1. The van der Waals surface area contributed by atoms with E-state index >= 15 is 4.39 Å². The van der Waals surface area contributed by atoms with E-state index in [1.165, 1.54) is 0 Å². The number of nitrogens with zero attached hydrogens (tertiary/aromatic N) is 2. The van der Waals surface area contributed by atoms with E-state index in [4.69, 9.17) is 10.5 Å². The minimum Gasteiger partial charge on any atom is -0.480 e. The zero-order valence-corrected chi connectivity index (χ0v) is 29.6. The first-order chi connectivity index (χ1) is 23.6. The first-order valence-electron chi connectivity index (χ1n) is 16.4. The number of halogens is 1. The second-order valence-corrected chi connectivity index (χ2v) is 14.6. The van der Waals surface area contributed by atoms with Crippen molar-refractivity contribution in [2.75, 3.05) is 25.0 Å². The predicted octanol–water partition coefficient (Wildman–Crippen LogP) is 4.48. The number of rotatable bonds is 18. The van der Waals surface area contributed by atoms with Gasteiger partial charge in [-0.05, 0) is 47.6 Å². The number of amides is 2. The van der Waals surface area contributed by atoms with Crippen molar-refractivity contribution in [1.82, 2.24) is 9.21 Å². The third kappa shape index (κ3) is 11.3. The number of carbonyl (C=O) groups excluding carboxylic acids is 2. The topological polar surface area (TPSA) is 180 Å². The Kier molecular flexibility index (Phi) is 14.9. The van der Waals surface area contributed by atoms with E-state index < -0.39 is 70.1 Å². The molecule has 0 aromatic heterocycles. The van der Waals surface area contributed by atoms with Gasteiger partial charge in [0.05, 0.1) is 16.7 Å². The fourth-order valence-corrected chi connectivity index (χ4v) is 6.93. The van der Waals surface area contributed by atoms with E-state index in [0.717, 1.165) is 33.0 Å². The number of hydrogen-bond acceptors (Lipinski definition) is 8. The van der Waals surface area contributed by atoms with Gasteiger partial charge in [0, 0.05) is 19.1 Å².